The van der Waals surface area contributed by atoms with Gasteiger partial charge in [-0.15, -0.1) is 0 Å². The zero-order valence-electron chi connectivity index (χ0n) is 14.7. The van der Waals surface area contributed by atoms with Crippen LogP contribution < -0.4 is 16.5 Å². The van der Waals surface area contributed by atoms with Gasteiger partial charge in [-0.25, -0.2) is 10.4 Å². The lowest BCUT2D eigenvalue weighted by Gasteiger charge is -2.29. The monoisotopic (exact) mass is 380 g/mol. The summed E-state index contributed by atoms with van der Waals surface area (Å²) in [6.07, 6.45) is 1.92. The standard InChI is InChI=1S/C17H25N4O4P/c1-26-17(25)13(9-11-4-6-12(22)7-5-11)20-21-8-2-3-14(21)16(24)19-10-15(18)23/h4-7,13-14,20,22,26H,2-3,8-10H2,1H3,(H2,18,23)(H,19,24)/t13-,14-/m0/s1. The van der Waals surface area contributed by atoms with Crippen LogP contribution in [0.4, 0.5) is 0 Å². The predicted octanol–water partition coefficient (Wildman–Crippen LogP) is -0.291. The quantitative estimate of drug-likeness (QED) is 0.436. The van der Waals surface area contributed by atoms with E-state index in [4.69, 9.17) is 5.73 Å². The number of phenols is 1. The number of carbonyl (C=O) groups is 3. The summed E-state index contributed by atoms with van der Waals surface area (Å²) in [5.41, 5.74) is 9.25. The molecule has 0 spiro atoms. The molecule has 1 unspecified atom stereocenters. The van der Waals surface area contributed by atoms with Crippen LogP contribution in [0.3, 0.4) is 0 Å². The van der Waals surface area contributed by atoms with Gasteiger partial charge in [-0.2, -0.15) is 0 Å². The third kappa shape index (κ3) is 5.76. The van der Waals surface area contributed by atoms with Gasteiger partial charge in [0.05, 0.1) is 12.6 Å². The fourth-order valence-corrected chi connectivity index (χ4v) is 3.44. The normalized spacial score (nSPS) is 18.9. The van der Waals surface area contributed by atoms with Gasteiger partial charge in [-0.1, -0.05) is 20.7 Å². The van der Waals surface area contributed by atoms with Crippen molar-refractivity contribution < 1.29 is 19.5 Å². The van der Waals surface area contributed by atoms with Crippen molar-refractivity contribution in [2.24, 2.45) is 5.73 Å². The lowest BCUT2D eigenvalue weighted by molar-refractivity contribution is -0.129. The molecular weight excluding hydrogens is 355 g/mol. The summed E-state index contributed by atoms with van der Waals surface area (Å²) in [4.78, 5) is 35.5. The molecule has 0 aromatic heterocycles. The highest BCUT2D eigenvalue weighted by atomic mass is 31.1. The SMILES string of the molecule is CPC(=O)[C@H](Cc1ccc(O)cc1)NN1CCC[C@H]1C(=O)NCC(N)=O. The molecule has 1 fully saturated rings. The molecule has 1 aliphatic heterocycles. The number of nitrogens with zero attached hydrogens (tertiary/aromatic N) is 1. The van der Waals surface area contributed by atoms with Crippen molar-refractivity contribution >= 4 is 25.9 Å². The van der Waals surface area contributed by atoms with Crippen LogP contribution >= 0.6 is 8.58 Å². The second-order valence-electron chi connectivity index (χ2n) is 6.20. The summed E-state index contributed by atoms with van der Waals surface area (Å²) in [5.74, 6) is -0.695. The first-order valence-electron chi connectivity index (χ1n) is 8.49. The summed E-state index contributed by atoms with van der Waals surface area (Å²) < 4.78 is 0. The van der Waals surface area contributed by atoms with Crippen LogP contribution in [0.2, 0.25) is 0 Å². The molecule has 1 saturated heterocycles. The van der Waals surface area contributed by atoms with Gasteiger partial charge in [0.25, 0.3) is 0 Å². The number of rotatable bonds is 9. The van der Waals surface area contributed by atoms with Crippen molar-refractivity contribution in [1.29, 1.82) is 0 Å². The molecule has 1 aromatic carbocycles. The number of phenolic OH excluding ortho intramolecular Hbond substituents is 1. The Bertz CT molecular complexity index is 653. The van der Waals surface area contributed by atoms with Gasteiger partial charge in [-0.3, -0.25) is 14.4 Å². The van der Waals surface area contributed by atoms with Crippen molar-refractivity contribution in [3.63, 3.8) is 0 Å². The number of nitrogens with two attached hydrogens (primary N) is 1. The van der Waals surface area contributed by atoms with Gasteiger partial charge >= 0.3 is 0 Å². The van der Waals surface area contributed by atoms with Gasteiger partial charge in [0.15, 0.2) is 5.52 Å². The molecule has 1 aliphatic rings. The molecule has 0 aliphatic carbocycles. The average Bonchev–Trinajstić information content (AvgIpc) is 3.08. The van der Waals surface area contributed by atoms with Crippen molar-refractivity contribution in [3.05, 3.63) is 29.8 Å². The number of benzene rings is 1. The van der Waals surface area contributed by atoms with Gasteiger partial charge in [0.2, 0.25) is 11.8 Å². The van der Waals surface area contributed by atoms with E-state index in [2.05, 4.69) is 10.7 Å². The Balaban J connectivity index is 2.03. The van der Waals surface area contributed by atoms with Crippen LogP contribution in [0, 0.1) is 0 Å². The highest BCUT2D eigenvalue weighted by Gasteiger charge is 2.33. The largest absolute Gasteiger partial charge is 0.508 e. The number of nitrogens with one attached hydrogen (secondary N) is 2. The van der Waals surface area contributed by atoms with E-state index in [9.17, 15) is 19.5 Å². The lowest BCUT2D eigenvalue weighted by atomic mass is 10.1. The Morgan fingerprint density at radius 1 is 1.35 bits per heavy atom. The molecule has 8 nitrogen and oxygen atoms in total. The molecule has 0 radical (unpaired) electrons. The van der Waals surface area contributed by atoms with Crippen LogP contribution in [0.15, 0.2) is 24.3 Å². The van der Waals surface area contributed by atoms with Crippen LogP contribution in [0.25, 0.3) is 0 Å². The van der Waals surface area contributed by atoms with Crippen LogP contribution in [0.5, 0.6) is 5.75 Å². The van der Waals surface area contributed by atoms with E-state index in [1.54, 1.807) is 29.3 Å². The average molecular weight is 380 g/mol. The maximum atomic E-state index is 12.4. The molecule has 26 heavy (non-hydrogen) atoms. The topological polar surface area (TPSA) is 125 Å². The van der Waals surface area contributed by atoms with E-state index >= 15 is 0 Å². The summed E-state index contributed by atoms with van der Waals surface area (Å²) >= 11 is 0. The molecule has 0 bridgehead atoms. The van der Waals surface area contributed by atoms with Crippen LogP contribution in [0.1, 0.15) is 18.4 Å². The molecule has 9 heteroatoms. The predicted molar refractivity (Wildman–Crippen MR) is 99.9 cm³/mol. The number of primary amides is 1. The minimum Gasteiger partial charge on any atom is -0.508 e. The number of hydrazine groups is 1. The number of carbonyl (C=O) groups excluding carboxylic acids is 3. The number of hydrogen-bond acceptors (Lipinski definition) is 6. The van der Waals surface area contributed by atoms with Crippen molar-refractivity contribution in [2.45, 2.75) is 31.3 Å². The summed E-state index contributed by atoms with van der Waals surface area (Å²) in [7, 11) is 0.128. The minimum atomic E-state index is -0.594. The van der Waals surface area contributed by atoms with Gasteiger partial charge in [0, 0.05) is 6.54 Å². The Labute approximate surface area is 154 Å². The van der Waals surface area contributed by atoms with E-state index in [-0.39, 0.29) is 32.3 Å². The third-order valence-electron chi connectivity index (χ3n) is 4.25. The molecule has 1 heterocycles. The summed E-state index contributed by atoms with van der Waals surface area (Å²) in [6, 6.07) is 5.83. The van der Waals surface area contributed by atoms with Crippen LogP contribution in [-0.4, -0.2) is 59.3 Å². The first kappa shape index (κ1) is 20.3. The van der Waals surface area contributed by atoms with Gasteiger partial charge in [0.1, 0.15) is 11.8 Å². The smallest absolute Gasteiger partial charge is 0.239 e. The molecule has 2 rings (SSSR count). The van der Waals surface area contributed by atoms with E-state index in [0.717, 1.165) is 12.0 Å². The van der Waals surface area contributed by atoms with Crippen molar-refractivity contribution in [1.82, 2.24) is 15.8 Å². The second kappa shape index (κ2) is 9.62. The Kier molecular flexibility index (Phi) is 7.50. The molecule has 1 aromatic rings. The maximum absolute atomic E-state index is 12.4. The Hall–Kier alpha value is -2.02. The first-order valence-corrected chi connectivity index (χ1v) is 9.99. The molecule has 0 saturated carbocycles. The van der Waals surface area contributed by atoms with E-state index in [1.807, 2.05) is 6.66 Å². The van der Waals surface area contributed by atoms with Gasteiger partial charge < -0.3 is 16.2 Å². The minimum absolute atomic E-state index is 0.0706. The first-order chi connectivity index (χ1) is 12.4. The van der Waals surface area contributed by atoms with Crippen molar-refractivity contribution in [3.8, 4) is 5.75 Å². The number of amides is 2. The zero-order valence-corrected chi connectivity index (χ0v) is 15.7. The second-order valence-corrected chi connectivity index (χ2v) is 7.19. The molecule has 142 valence electrons. The lowest BCUT2D eigenvalue weighted by Crippen LogP contribution is -2.55. The van der Waals surface area contributed by atoms with E-state index in [1.165, 1.54) is 0 Å². The number of hydrogen-bond donors (Lipinski definition) is 4. The van der Waals surface area contributed by atoms with E-state index < -0.39 is 18.0 Å². The van der Waals surface area contributed by atoms with Crippen molar-refractivity contribution in [2.75, 3.05) is 19.8 Å². The Morgan fingerprint density at radius 2 is 2.04 bits per heavy atom. The van der Waals surface area contributed by atoms with E-state index in [0.29, 0.717) is 19.4 Å². The highest BCUT2D eigenvalue weighted by molar-refractivity contribution is 7.57. The molecule has 2 amide bonds. The zero-order chi connectivity index (χ0) is 19.1. The Morgan fingerprint density at radius 3 is 2.65 bits per heavy atom. The third-order valence-corrected chi connectivity index (χ3v) is 5.09. The molecular formula is C17H25N4O4P. The number of aromatic hydroxyl groups is 1. The summed E-state index contributed by atoms with van der Waals surface area (Å²) in [6.45, 7) is 2.27. The van der Waals surface area contributed by atoms with Gasteiger partial charge in [-0.05, 0) is 43.6 Å². The fraction of sp³-hybridized carbons (Fsp3) is 0.471. The summed E-state index contributed by atoms with van der Waals surface area (Å²) in [5, 5.41) is 13.7. The molecule has 3 atom stereocenters. The van der Waals surface area contributed by atoms with Crippen LogP contribution in [-0.2, 0) is 20.8 Å². The fourth-order valence-electron chi connectivity index (χ4n) is 2.92. The highest BCUT2D eigenvalue weighted by Crippen LogP contribution is 2.20. The molecule has 5 N–H and O–H groups in total. The maximum Gasteiger partial charge on any atom is 0.239 e.